The number of benzene rings is 2. The summed E-state index contributed by atoms with van der Waals surface area (Å²) in [7, 11) is 1.66. The first-order valence-electron chi connectivity index (χ1n) is 11.9. The minimum absolute atomic E-state index is 0.0259. The quantitative estimate of drug-likeness (QED) is 0.629. The Morgan fingerprint density at radius 2 is 1.97 bits per heavy atom. The van der Waals surface area contributed by atoms with Gasteiger partial charge in [0, 0.05) is 31.1 Å². The van der Waals surface area contributed by atoms with Crippen molar-refractivity contribution in [1.82, 2.24) is 4.90 Å². The van der Waals surface area contributed by atoms with Crippen molar-refractivity contribution in [2.24, 2.45) is 10.4 Å². The standard InChI is InChI=1S/C28H35N3O3/c1-27(2)18-31(21-29-27)24-12-10-22(16-25(24)34-3)11-13-26(33)30-15-7-14-28(19-30,20-32)17-23-8-5-4-6-9-23/h4-6,8-13,16,21,32H,7,14-15,17-20H2,1-3H3/b13-11+. The first-order valence-corrected chi connectivity index (χ1v) is 11.9. The zero-order valence-electron chi connectivity index (χ0n) is 20.4. The molecule has 1 amide bonds. The summed E-state index contributed by atoms with van der Waals surface area (Å²) in [6.45, 7) is 6.35. The summed E-state index contributed by atoms with van der Waals surface area (Å²) in [6, 6.07) is 16.2. The van der Waals surface area contributed by atoms with E-state index in [1.54, 1.807) is 13.2 Å². The molecule has 1 fully saturated rings. The van der Waals surface area contributed by atoms with Crippen LogP contribution in [-0.4, -0.2) is 61.1 Å². The van der Waals surface area contributed by atoms with Crippen molar-refractivity contribution < 1.29 is 14.6 Å². The molecule has 180 valence electrons. The van der Waals surface area contributed by atoms with E-state index in [4.69, 9.17) is 4.74 Å². The monoisotopic (exact) mass is 461 g/mol. The molecule has 1 unspecified atom stereocenters. The largest absolute Gasteiger partial charge is 0.495 e. The van der Waals surface area contributed by atoms with Crippen LogP contribution in [0.5, 0.6) is 5.75 Å². The zero-order valence-corrected chi connectivity index (χ0v) is 20.4. The van der Waals surface area contributed by atoms with Crippen LogP contribution in [0.1, 0.15) is 37.8 Å². The number of aliphatic hydroxyl groups excluding tert-OH is 1. The Morgan fingerprint density at radius 3 is 2.65 bits per heavy atom. The molecule has 0 saturated carbocycles. The molecule has 2 aromatic carbocycles. The number of nitrogens with zero attached hydrogens (tertiary/aromatic N) is 3. The highest BCUT2D eigenvalue weighted by molar-refractivity contribution is 5.92. The van der Waals surface area contributed by atoms with E-state index < -0.39 is 0 Å². The van der Waals surface area contributed by atoms with Crippen LogP contribution < -0.4 is 9.64 Å². The van der Waals surface area contributed by atoms with Gasteiger partial charge in [-0.15, -0.1) is 0 Å². The van der Waals surface area contributed by atoms with E-state index in [1.165, 1.54) is 5.56 Å². The Bertz CT molecular complexity index is 1060. The molecular weight excluding hydrogens is 426 g/mol. The van der Waals surface area contributed by atoms with E-state index >= 15 is 0 Å². The fourth-order valence-electron chi connectivity index (χ4n) is 4.93. The minimum atomic E-state index is -0.293. The summed E-state index contributed by atoms with van der Waals surface area (Å²) < 4.78 is 5.63. The van der Waals surface area contributed by atoms with Crippen molar-refractivity contribution >= 4 is 24.0 Å². The lowest BCUT2D eigenvalue weighted by atomic mass is 9.75. The molecule has 1 saturated heterocycles. The molecule has 4 rings (SSSR count). The fraction of sp³-hybridized carbons (Fsp3) is 0.429. The number of carbonyl (C=O) groups excluding carboxylic acids is 1. The molecular formula is C28H35N3O3. The molecule has 2 aliphatic heterocycles. The molecule has 0 aromatic heterocycles. The molecule has 2 heterocycles. The number of likely N-dealkylation sites (tertiary alicyclic amines) is 1. The van der Waals surface area contributed by atoms with Crippen LogP contribution >= 0.6 is 0 Å². The molecule has 6 nitrogen and oxygen atoms in total. The Kier molecular flexibility index (Phi) is 7.08. The number of aliphatic hydroxyl groups is 1. The van der Waals surface area contributed by atoms with E-state index in [0.29, 0.717) is 13.1 Å². The van der Waals surface area contributed by atoms with Gasteiger partial charge in [-0.25, -0.2) is 0 Å². The number of carbonyl (C=O) groups is 1. The number of anilines is 1. The van der Waals surface area contributed by atoms with Gasteiger partial charge in [0.15, 0.2) is 0 Å². The lowest BCUT2D eigenvalue weighted by Gasteiger charge is -2.41. The highest BCUT2D eigenvalue weighted by atomic mass is 16.5. The molecule has 0 radical (unpaired) electrons. The highest BCUT2D eigenvalue weighted by Crippen LogP contribution is 2.34. The second-order valence-corrected chi connectivity index (χ2v) is 10.1. The maximum absolute atomic E-state index is 13.0. The molecule has 1 atom stereocenters. The molecule has 0 bridgehead atoms. The summed E-state index contributed by atoms with van der Waals surface area (Å²) in [5, 5.41) is 10.2. The van der Waals surface area contributed by atoms with Gasteiger partial charge in [-0.1, -0.05) is 36.4 Å². The average Bonchev–Trinajstić information content (AvgIpc) is 3.22. The maximum atomic E-state index is 13.0. The summed E-state index contributed by atoms with van der Waals surface area (Å²) in [6.07, 6.45) is 7.90. The van der Waals surface area contributed by atoms with Gasteiger partial charge in [0.2, 0.25) is 5.91 Å². The van der Waals surface area contributed by atoms with Gasteiger partial charge in [-0.3, -0.25) is 9.79 Å². The van der Waals surface area contributed by atoms with Crippen LogP contribution in [0.15, 0.2) is 59.6 Å². The molecule has 6 heteroatoms. The van der Waals surface area contributed by atoms with E-state index in [1.807, 2.05) is 53.7 Å². The first kappa shape index (κ1) is 24.0. The van der Waals surface area contributed by atoms with Gasteiger partial charge in [-0.05, 0) is 62.4 Å². The lowest BCUT2D eigenvalue weighted by molar-refractivity contribution is -0.130. The summed E-state index contributed by atoms with van der Waals surface area (Å²) in [5.74, 6) is 0.723. The lowest BCUT2D eigenvalue weighted by Crippen LogP contribution is -2.48. The number of aliphatic imine (C=N–C) groups is 1. The van der Waals surface area contributed by atoms with Crippen LogP contribution in [0, 0.1) is 5.41 Å². The fourth-order valence-corrected chi connectivity index (χ4v) is 4.93. The Labute approximate surface area is 202 Å². The topological polar surface area (TPSA) is 65.4 Å². The number of hydrogen-bond acceptors (Lipinski definition) is 5. The van der Waals surface area contributed by atoms with E-state index in [2.05, 4.69) is 35.9 Å². The van der Waals surface area contributed by atoms with Crippen molar-refractivity contribution in [3.8, 4) is 5.75 Å². The van der Waals surface area contributed by atoms with E-state index in [9.17, 15) is 9.90 Å². The predicted octanol–water partition coefficient (Wildman–Crippen LogP) is 4.18. The summed E-state index contributed by atoms with van der Waals surface area (Å²) in [4.78, 5) is 21.5. The maximum Gasteiger partial charge on any atom is 0.246 e. The molecule has 1 N–H and O–H groups in total. The number of amides is 1. The van der Waals surface area contributed by atoms with Crippen molar-refractivity contribution in [1.29, 1.82) is 0 Å². The van der Waals surface area contributed by atoms with Gasteiger partial charge in [0.1, 0.15) is 5.75 Å². The van der Waals surface area contributed by atoms with Crippen LogP contribution in [-0.2, 0) is 11.2 Å². The highest BCUT2D eigenvalue weighted by Gasteiger charge is 2.36. The van der Waals surface area contributed by atoms with Crippen LogP contribution in [0.25, 0.3) is 6.08 Å². The number of ether oxygens (including phenoxy) is 1. The van der Waals surface area contributed by atoms with Crippen LogP contribution in [0.4, 0.5) is 5.69 Å². The number of methoxy groups -OCH3 is 1. The van der Waals surface area contributed by atoms with Crippen molar-refractivity contribution in [3.63, 3.8) is 0 Å². The SMILES string of the molecule is COc1cc(/C=C/C(=O)N2CCCC(CO)(Cc3ccccc3)C2)ccc1N1C=NC(C)(C)C1. The predicted molar refractivity (Wildman–Crippen MR) is 137 cm³/mol. The van der Waals surface area contributed by atoms with Crippen molar-refractivity contribution in [2.75, 3.05) is 38.3 Å². The molecule has 34 heavy (non-hydrogen) atoms. The van der Waals surface area contributed by atoms with Gasteiger partial charge < -0.3 is 19.6 Å². The molecule has 0 aliphatic carbocycles. The summed E-state index contributed by atoms with van der Waals surface area (Å²) in [5.41, 5.74) is 2.65. The first-order chi connectivity index (χ1) is 16.3. The molecule has 2 aromatic rings. The third-order valence-corrected chi connectivity index (χ3v) is 6.77. The van der Waals surface area contributed by atoms with Crippen LogP contribution in [0.3, 0.4) is 0 Å². The van der Waals surface area contributed by atoms with E-state index in [0.717, 1.165) is 42.8 Å². The van der Waals surface area contributed by atoms with E-state index in [-0.39, 0.29) is 23.5 Å². The normalized spacial score (nSPS) is 21.9. The number of rotatable bonds is 7. The van der Waals surface area contributed by atoms with Gasteiger partial charge in [0.25, 0.3) is 0 Å². The molecule has 0 spiro atoms. The molecule has 2 aliphatic rings. The second-order valence-electron chi connectivity index (χ2n) is 10.1. The Hall–Kier alpha value is -3.12. The zero-order chi connectivity index (χ0) is 24.2. The van der Waals surface area contributed by atoms with Crippen LogP contribution in [0.2, 0.25) is 0 Å². The van der Waals surface area contributed by atoms with Crippen molar-refractivity contribution in [2.45, 2.75) is 38.6 Å². The van der Waals surface area contributed by atoms with Crippen molar-refractivity contribution in [3.05, 3.63) is 65.7 Å². The van der Waals surface area contributed by atoms with Gasteiger partial charge >= 0.3 is 0 Å². The van der Waals surface area contributed by atoms with Gasteiger partial charge in [-0.2, -0.15) is 0 Å². The second kappa shape index (κ2) is 10.0. The minimum Gasteiger partial charge on any atom is -0.495 e. The average molecular weight is 462 g/mol. The van der Waals surface area contributed by atoms with Gasteiger partial charge in [0.05, 0.1) is 31.3 Å². The Morgan fingerprint density at radius 1 is 1.18 bits per heavy atom. The third-order valence-electron chi connectivity index (χ3n) is 6.77. The third kappa shape index (κ3) is 5.50. The Balaban J connectivity index is 1.44. The summed E-state index contributed by atoms with van der Waals surface area (Å²) >= 11 is 0. The smallest absolute Gasteiger partial charge is 0.246 e. The number of hydrogen-bond donors (Lipinski definition) is 1. The number of piperidine rings is 1.